The topological polar surface area (TPSA) is 59.0 Å². The van der Waals surface area contributed by atoms with Gasteiger partial charge in [0.25, 0.3) is 5.91 Å². The fourth-order valence-electron chi connectivity index (χ4n) is 1.63. The van der Waals surface area contributed by atoms with E-state index in [2.05, 4.69) is 9.84 Å². The van der Waals surface area contributed by atoms with Gasteiger partial charge in [0.15, 0.2) is 5.57 Å². The average Bonchev–Trinajstić information content (AvgIpc) is 2.55. The molecule has 8 heteroatoms. The molecule has 1 aliphatic heterocycles. The van der Waals surface area contributed by atoms with E-state index in [-0.39, 0.29) is 5.71 Å². The first-order chi connectivity index (χ1) is 8.61. The first-order valence-electron chi connectivity index (χ1n) is 5.40. The molecule has 0 bridgehead atoms. The van der Waals surface area contributed by atoms with E-state index < -0.39 is 35.2 Å². The molecular weight excluding hydrogens is 265 g/mol. The molecule has 0 radical (unpaired) electrons. The van der Waals surface area contributed by atoms with Crippen molar-refractivity contribution < 1.29 is 27.5 Å². The maximum Gasteiger partial charge on any atom is 0.424 e. The van der Waals surface area contributed by atoms with Crippen molar-refractivity contribution in [2.75, 3.05) is 7.11 Å². The Labute approximate surface area is 107 Å². The first-order valence-corrected chi connectivity index (χ1v) is 5.40. The molecule has 19 heavy (non-hydrogen) atoms. The summed E-state index contributed by atoms with van der Waals surface area (Å²) < 4.78 is 42.8. The summed E-state index contributed by atoms with van der Waals surface area (Å²) in [7, 11) is 0.820. The fraction of sp³-hybridized carbons (Fsp3) is 0.545. The van der Waals surface area contributed by atoms with Gasteiger partial charge in [0, 0.05) is 0 Å². The van der Waals surface area contributed by atoms with Crippen molar-refractivity contribution in [3.05, 3.63) is 11.1 Å². The van der Waals surface area contributed by atoms with Crippen LogP contribution in [-0.4, -0.2) is 41.9 Å². The largest absolute Gasteiger partial charge is 0.465 e. The van der Waals surface area contributed by atoms with Crippen molar-refractivity contribution in [1.82, 2.24) is 5.01 Å². The van der Waals surface area contributed by atoms with Crippen LogP contribution < -0.4 is 0 Å². The van der Waals surface area contributed by atoms with Crippen molar-refractivity contribution >= 4 is 17.6 Å². The van der Waals surface area contributed by atoms with Gasteiger partial charge < -0.3 is 4.74 Å². The highest BCUT2D eigenvalue weighted by Crippen LogP contribution is 2.33. The molecule has 0 N–H and O–H groups in total. The average molecular weight is 278 g/mol. The molecule has 1 amide bonds. The zero-order chi connectivity index (χ0) is 15.0. The predicted octanol–water partition coefficient (Wildman–Crippen LogP) is 1.64. The van der Waals surface area contributed by atoms with E-state index in [0.29, 0.717) is 0 Å². The molecular formula is C11H13F3N2O3. The maximum atomic E-state index is 12.9. The summed E-state index contributed by atoms with van der Waals surface area (Å²) in [4.78, 5) is 23.2. The van der Waals surface area contributed by atoms with Crippen LogP contribution in [0.25, 0.3) is 0 Å². The molecule has 0 atom stereocenters. The minimum absolute atomic E-state index is 0.156. The monoisotopic (exact) mass is 278 g/mol. The van der Waals surface area contributed by atoms with Gasteiger partial charge in [-0.1, -0.05) is 0 Å². The molecule has 0 unspecified atom stereocenters. The molecule has 5 nitrogen and oxygen atoms in total. The van der Waals surface area contributed by atoms with Crippen molar-refractivity contribution in [3.63, 3.8) is 0 Å². The van der Waals surface area contributed by atoms with Crippen LogP contribution in [0.5, 0.6) is 0 Å². The lowest BCUT2D eigenvalue weighted by Crippen LogP contribution is -2.32. The Hall–Kier alpha value is -1.86. The third-order valence-corrected chi connectivity index (χ3v) is 2.45. The molecule has 1 rings (SSSR count). The Balaban J connectivity index is 3.45. The van der Waals surface area contributed by atoms with Gasteiger partial charge in [-0.25, -0.2) is 9.80 Å². The summed E-state index contributed by atoms with van der Waals surface area (Å²) in [6.45, 7) is 4.44. The second-order valence-corrected chi connectivity index (χ2v) is 4.17. The van der Waals surface area contributed by atoms with Crippen LogP contribution in [0.3, 0.4) is 0 Å². The van der Waals surface area contributed by atoms with E-state index in [9.17, 15) is 22.8 Å². The van der Waals surface area contributed by atoms with E-state index in [1.165, 1.54) is 6.92 Å². The number of methoxy groups -OCH3 is 1. The van der Waals surface area contributed by atoms with Gasteiger partial charge in [-0.15, -0.1) is 0 Å². The summed E-state index contributed by atoms with van der Waals surface area (Å²) in [6.07, 6.45) is -4.98. The van der Waals surface area contributed by atoms with Crippen LogP contribution in [-0.2, 0) is 14.3 Å². The normalized spacial score (nSPS) is 18.8. The van der Waals surface area contributed by atoms with E-state index in [4.69, 9.17) is 0 Å². The number of hydrogen-bond donors (Lipinski definition) is 0. The van der Waals surface area contributed by atoms with E-state index >= 15 is 0 Å². The van der Waals surface area contributed by atoms with Gasteiger partial charge in [-0.05, 0) is 20.8 Å². The van der Waals surface area contributed by atoms with Crippen molar-refractivity contribution in [2.24, 2.45) is 5.10 Å². The standard InChI is InChI=1S/C11H13F3N2O3/c1-5(2)16-9(17)7(6(3)15-16)8(10(18)19-4)11(12,13)14/h5H,1-4H3/b8-7-. The molecule has 0 aromatic heterocycles. The van der Waals surface area contributed by atoms with Crippen molar-refractivity contribution in [1.29, 1.82) is 0 Å². The van der Waals surface area contributed by atoms with E-state index in [0.717, 1.165) is 12.1 Å². The van der Waals surface area contributed by atoms with Gasteiger partial charge in [-0.2, -0.15) is 18.3 Å². The molecule has 0 aromatic rings. The van der Waals surface area contributed by atoms with Gasteiger partial charge in [-0.3, -0.25) is 4.79 Å². The van der Waals surface area contributed by atoms with Crippen LogP contribution >= 0.6 is 0 Å². The summed E-state index contributed by atoms with van der Waals surface area (Å²) in [6, 6.07) is -0.410. The maximum absolute atomic E-state index is 12.9. The smallest absolute Gasteiger partial charge is 0.424 e. The number of halogens is 3. The van der Waals surface area contributed by atoms with Crippen LogP contribution in [0, 0.1) is 0 Å². The molecule has 0 fully saturated rings. The molecule has 106 valence electrons. The Morgan fingerprint density at radius 3 is 2.21 bits per heavy atom. The summed E-state index contributed by atoms with van der Waals surface area (Å²) in [5.41, 5.74) is -2.53. The molecule has 0 aromatic carbocycles. The van der Waals surface area contributed by atoms with Crippen LogP contribution in [0.15, 0.2) is 16.2 Å². The number of hydrazone groups is 1. The third-order valence-electron chi connectivity index (χ3n) is 2.45. The Morgan fingerprint density at radius 2 is 1.89 bits per heavy atom. The number of ether oxygens (including phenoxy) is 1. The number of carbonyl (C=O) groups excluding carboxylic acids is 2. The lowest BCUT2D eigenvalue weighted by Gasteiger charge is -2.17. The van der Waals surface area contributed by atoms with Gasteiger partial charge >= 0.3 is 12.1 Å². The van der Waals surface area contributed by atoms with Crippen molar-refractivity contribution in [3.8, 4) is 0 Å². The summed E-state index contributed by atoms with van der Waals surface area (Å²) in [5, 5.41) is 4.64. The lowest BCUT2D eigenvalue weighted by molar-refractivity contribution is -0.149. The number of carbonyl (C=O) groups is 2. The highest BCUT2D eigenvalue weighted by Gasteiger charge is 2.47. The quantitative estimate of drug-likeness (QED) is 0.570. The molecule has 0 saturated carbocycles. The number of amides is 1. The van der Waals surface area contributed by atoms with Crippen molar-refractivity contribution in [2.45, 2.75) is 33.0 Å². The molecule has 0 aliphatic carbocycles. The van der Waals surface area contributed by atoms with Gasteiger partial charge in [0.2, 0.25) is 0 Å². The number of alkyl halides is 3. The van der Waals surface area contributed by atoms with Gasteiger partial charge in [0.05, 0.1) is 24.4 Å². The van der Waals surface area contributed by atoms with Crippen LogP contribution in [0.2, 0.25) is 0 Å². The minimum atomic E-state index is -4.98. The van der Waals surface area contributed by atoms with Crippen LogP contribution in [0.4, 0.5) is 13.2 Å². The molecule has 1 aliphatic rings. The predicted molar refractivity (Wildman–Crippen MR) is 60.2 cm³/mol. The second kappa shape index (κ2) is 5.02. The Kier molecular flexibility index (Phi) is 4.02. The Morgan fingerprint density at radius 1 is 1.37 bits per heavy atom. The molecule has 0 spiro atoms. The minimum Gasteiger partial charge on any atom is -0.465 e. The lowest BCUT2D eigenvalue weighted by atomic mass is 10.0. The highest BCUT2D eigenvalue weighted by molar-refractivity contribution is 6.27. The zero-order valence-electron chi connectivity index (χ0n) is 10.8. The number of rotatable bonds is 2. The number of hydrogen-bond acceptors (Lipinski definition) is 4. The third kappa shape index (κ3) is 2.77. The second-order valence-electron chi connectivity index (χ2n) is 4.17. The van der Waals surface area contributed by atoms with Crippen LogP contribution in [0.1, 0.15) is 20.8 Å². The van der Waals surface area contributed by atoms with E-state index in [1.807, 2.05) is 0 Å². The zero-order valence-corrected chi connectivity index (χ0v) is 10.8. The summed E-state index contributed by atoms with van der Waals surface area (Å²) in [5.74, 6) is -2.55. The molecule has 1 heterocycles. The number of esters is 1. The number of nitrogens with zero attached hydrogens (tertiary/aromatic N) is 2. The SMILES string of the molecule is COC(=O)/C(=C1/C(=O)N(C(C)C)N=C1C)C(F)(F)F. The van der Waals surface area contributed by atoms with Gasteiger partial charge in [0.1, 0.15) is 0 Å². The fourth-order valence-corrected chi connectivity index (χ4v) is 1.63. The first kappa shape index (κ1) is 15.2. The molecule has 0 saturated heterocycles. The Bertz CT molecular complexity index is 478. The summed E-state index contributed by atoms with van der Waals surface area (Å²) >= 11 is 0. The van der Waals surface area contributed by atoms with E-state index in [1.54, 1.807) is 13.8 Å². The highest BCUT2D eigenvalue weighted by atomic mass is 19.4.